The molecule has 2 amide bonds. The van der Waals surface area contributed by atoms with Crippen molar-refractivity contribution in [3.8, 4) is 11.4 Å². The van der Waals surface area contributed by atoms with Crippen LogP contribution in [0.3, 0.4) is 0 Å². The van der Waals surface area contributed by atoms with Gasteiger partial charge in [0.1, 0.15) is 6.54 Å². The summed E-state index contributed by atoms with van der Waals surface area (Å²) in [4.78, 5) is 41.5. The van der Waals surface area contributed by atoms with E-state index in [4.69, 9.17) is 20.9 Å². The fraction of sp³-hybridized carbons (Fsp3) is 0.105. The van der Waals surface area contributed by atoms with Gasteiger partial charge in [-0.3, -0.25) is 19.3 Å². The molecule has 0 atom stereocenters. The van der Waals surface area contributed by atoms with E-state index in [1.807, 2.05) is 0 Å². The maximum atomic E-state index is 12.3. The highest BCUT2D eigenvalue weighted by molar-refractivity contribution is 6.33. The van der Waals surface area contributed by atoms with Gasteiger partial charge in [-0.25, -0.2) is 0 Å². The largest absolute Gasteiger partial charge is 0.454 e. The van der Waals surface area contributed by atoms with Crippen LogP contribution in [0.25, 0.3) is 11.4 Å². The van der Waals surface area contributed by atoms with Gasteiger partial charge in [-0.15, -0.1) is 0 Å². The predicted octanol–water partition coefficient (Wildman–Crippen LogP) is 2.73. The molecular formula is C19H12ClN3O5. The third-order valence-corrected chi connectivity index (χ3v) is 4.43. The number of carbonyl (C=O) groups excluding carboxylic acids is 3. The number of carbonyl (C=O) groups is 3. The Balaban J connectivity index is 1.38. The Morgan fingerprint density at radius 1 is 1.00 bits per heavy atom. The maximum absolute atomic E-state index is 12.3. The first-order valence-corrected chi connectivity index (χ1v) is 8.60. The van der Waals surface area contributed by atoms with E-state index in [2.05, 4.69) is 10.1 Å². The lowest BCUT2D eigenvalue weighted by Crippen LogP contribution is -2.35. The van der Waals surface area contributed by atoms with Crippen molar-refractivity contribution in [2.75, 3.05) is 6.54 Å². The summed E-state index contributed by atoms with van der Waals surface area (Å²) in [6.45, 7) is -0.794. The van der Waals surface area contributed by atoms with Crippen LogP contribution in [0.2, 0.25) is 5.02 Å². The number of nitrogens with zero attached hydrogens (tertiary/aromatic N) is 3. The van der Waals surface area contributed by atoms with E-state index >= 15 is 0 Å². The third-order valence-electron chi connectivity index (χ3n) is 4.10. The van der Waals surface area contributed by atoms with Crippen LogP contribution in [0, 0.1) is 0 Å². The van der Waals surface area contributed by atoms with E-state index in [9.17, 15) is 14.4 Å². The fourth-order valence-corrected chi connectivity index (χ4v) is 2.99. The molecule has 0 radical (unpaired) electrons. The summed E-state index contributed by atoms with van der Waals surface area (Å²) >= 11 is 6.08. The van der Waals surface area contributed by atoms with Crippen molar-refractivity contribution >= 4 is 29.4 Å². The van der Waals surface area contributed by atoms with Crippen molar-refractivity contribution in [2.45, 2.75) is 6.61 Å². The van der Waals surface area contributed by atoms with Crippen LogP contribution in [0.5, 0.6) is 0 Å². The number of ether oxygens (including phenoxy) is 1. The molecule has 0 bridgehead atoms. The summed E-state index contributed by atoms with van der Waals surface area (Å²) in [6, 6.07) is 13.3. The summed E-state index contributed by atoms with van der Waals surface area (Å²) in [5.41, 5.74) is 1.11. The second-order valence-electron chi connectivity index (χ2n) is 5.89. The van der Waals surface area contributed by atoms with Crippen molar-refractivity contribution in [2.24, 2.45) is 0 Å². The number of rotatable bonds is 5. The Hall–Kier alpha value is -3.52. The Labute approximate surface area is 163 Å². The van der Waals surface area contributed by atoms with Crippen LogP contribution in [0.4, 0.5) is 0 Å². The average molecular weight is 398 g/mol. The second kappa shape index (κ2) is 7.24. The Morgan fingerprint density at radius 2 is 1.61 bits per heavy atom. The van der Waals surface area contributed by atoms with Crippen LogP contribution in [-0.4, -0.2) is 39.4 Å². The summed E-state index contributed by atoms with van der Waals surface area (Å²) < 4.78 is 10.1. The zero-order valence-electron chi connectivity index (χ0n) is 14.3. The average Bonchev–Trinajstić information content (AvgIpc) is 3.26. The number of aromatic nitrogens is 2. The second-order valence-corrected chi connectivity index (χ2v) is 6.30. The van der Waals surface area contributed by atoms with Gasteiger partial charge in [0.15, 0.2) is 6.61 Å². The van der Waals surface area contributed by atoms with Gasteiger partial charge in [0.25, 0.3) is 17.7 Å². The lowest BCUT2D eigenvalue weighted by molar-refractivity contribution is -0.146. The molecule has 3 aromatic rings. The van der Waals surface area contributed by atoms with Gasteiger partial charge in [0.2, 0.25) is 5.82 Å². The van der Waals surface area contributed by atoms with Gasteiger partial charge in [0.05, 0.1) is 16.1 Å². The van der Waals surface area contributed by atoms with E-state index < -0.39 is 24.3 Å². The summed E-state index contributed by atoms with van der Waals surface area (Å²) in [7, 11) is 0. The molecule has 9 heteroatoms. The van der Waals surface area contributed by atoms with Crippen LogP contribution in [0.1, 0.15) is 26.6 Å². The van der Waals surface area contributed by atoms with Crippen molar-refractivity contribution in [1.82, 2.24) is 15.0 Å². The monoisotopic (exact) mass is 397 g/mol. The van der Waals surface area contributed by atoms with E-state index in [-0.39, 0.29) is 29.4 Å². The molecule has 0 unspecified atom stereocenters. The van der Waals surface area contributed by atoms with Gasteiger partial charge in [-0.05, 0) is 24.3 Å². The third kappa shape index (κ3) is 3.25. The molecule has 1 aliphatic rings. The van der Waals surface area contributed by atoms with Crippen molar-refractivity contribution in [3.05, 3.63) is 70.6 Å². The Bertz CT molecular complexity index is 1060. The number of esters is 1. The fourth-order valence-electron chi connectivity index (χ4n) is 2.77. The van der Waals surface area contributed by atoms with E-state index in [0.29, 0.717) is 10.6 Å². The molecule has 2 aromatic carbocycles. The van der Waals surface area contributed by atoms with Crippen LogP contribution in [0.15, 0.2) is 53.1 Å². The number of hydrogen-bond acceptors (Lipinski definition) is 7. The summed E-state index contributed by atoms with van der Waals surface area (Å²) in [6.07, 6.45) is 0. The van der Waals surface area contributed by atoms with Gasteiger partial charge < -0.3 is 9.26 Å². The first kappa shape index (κ1) is 17.9. The van der Waals surface area contributed by atoms with E-state index in [0.717, 1.165) is 4.90 Å². The smallest absolute Gasteiger partial charge is 0.326 e. The number of imide groups is 1. The summed E-state index contributed by atoms with van der Waals surface area (Å²) in [5.74, 6) is -1.51. The van der Waals surface area contributed by atoms with E-state index in [1.165, 1.54) is 12.1 Å². The summed E-state index contributed by atoms with van der Waals surface area (Å²) in [5, 5.41) is 4.26. The highest BCUT2D eigenvalue weighted by atomic mass is 35.5. The first-order chi connectivity index (χ1) is 13.5. The highest BCUT2D eigenvalue weighted by Gasteiger charge is 2.36. The molecule has 4 rings (SSSR count). The molecule has 0 saturated carbocycles. The molecule has 1 aromatic heterocycles. The minimum Gasteiger partial charge on any atom is -0.454 e. The Kier molecular flexibility index (Phi) is 4.62. The van der Waals surface area contributed by atoms with Gasteiger partial charge in [0, 0.05) is 5.56 Å². The van der Waals surface area contributed by atoms with Crippen LogP contribution < -0.4 is 0 Å². The van der Waals surface area contributed by atoms with E-state index in [1.54, 1.807) is 36.4 Å². The standard InChI is InChI=1S/C19H12ClN3O5/c20-14-8-4-3-7-13(14)17-21-15(28-22-17)10-27-16(24)9-23-18(25)11-5-1-2-6-12(11)19(23)26/h1-8H,9-10H2. The predicted molar refractivity (Wildman–Crippen MR) is 96.3 cm³/mol. The minimum atomic E-state index is -0.771. The zero-order chi connectivity index (χ0) is 19.7. The minimum absolute atomic E-state index is 0.0608. The number of hydrogen-bond donors (Lipinski definition) is 0. The molecule has 8 nitrogen and oxygen atoms in total. The van der Waals surface area contributed by atoms with Gasteiger partial charge >= 0.3 is 5.97 Å². The number of amides is 2. The lowest BCUT2D eigenvalue weighted by Gasteiger charge is -2.12. The normalized spacial score (nSPS) is 13.0. The number of halogens is 1. The van der Waals surface area contributed by atoms with Crippen molar-refractivity contribution in [1.29, 1.82) is 0 Å². The molecule has 1 aliphatic heterocycles. The molecule has 28 heavy (non-hydrogen) atoms. The molecular weight excluding hydrogens is 386 g/mol. The van der Waals surface area contributed by atoms with Gasteiger partial charge in [-0.1, -0.05) is 41.0 Å². The Morgan fingerprint density at radius 3 is 2.25 bits per heavy atom. The lowest BCUT2D eigenvalue weighted by atomic mass is 10.1. The van der Waals surface area contributed by atoms with Gasteiger partial charge in [-0.2, -0.15) is 4.98 Å². The zero-order valence-corrected chi connectivity index (χ0v) is 15.0. The first-order valence-electron chi connectivity index (χ1n) is 8.23. The quantitative estimate of drug-likeness (QED) is 0.481. The molecule has 140 valence electrons. The topological polar surface area (TPSA) is 103 Å². The number of fused-ring (bicyclic) bond motifs is 1. The molecule has 0 spiro atoms. The maximum Gasteiger partial charge on any atom is 0.326 e. The number of benzene rings is 2. The molecule has 0 fully saturated rings. The molecule has 0 N–H and O–H groups in total. The molecule has 2 heterocycles. The van der Waals surface area contributed by atoms with Crippen LogP contribution >= 0.6 is 11.6 Å². The SMILES string of the molecule is O=C(CN1C(=O)c2ccccc2C1=O)OCc1nc(-c2ccccc2Cl)no1. The molecule has 0 saturated heterocycles. The highest BCUT2D eigenvalue weighted by Crippen LogP contribution is 2.25. The van der Waals surface area contributed by atoms with Crippen LogP contribution in [-0.2, 0) is 16.1 Å². The van der Waals surface area contributed by atoms with Crippen molar-refractivity contribution in [3.63, 3.8) is 0 Å². The molecule has 0 aliphatic carbocycles. The van der Waals surface area contributed by atoms with Crippen molar-refractivity contribution < 1.29 is 23.6 Å².